The summed E-state index contributed by atoms with van der Waals surface area (Å²) < 4.78 is 19.1. The topological polar surface area (TPSA) is 69.8 Å². The van der Waals surface area contributed by atoms with Gasteiger partial charge in [-0.1, -0.05) is 19.1 Å². The zero-order valence-corrected chi connectivity index (χ0v) is 14.9. The number of likely N-dealkylation sites (tertiary alicyclic amines) is 1. The van der Waals surface area contributed by atoms with E-state index in [9.17, 15) is 9.18 Å². The van der Waals surface area contributed by atoms with Gasteiger partial charge in [-0.2, -0.15) is 0 Å². The number of aromatic nitrogens is 1. The third kappa shape index (κ3) is 4.68. The molecule has 1 N–H and O–H groups in total. The van der Waals surface area contributed by atoms with Gasteiger partial charge in [0, 0.05) is 24.7 Å². The molecule has 140 valence electrons. The van der Waals surface area contributed by atoms with Crippen molar-refractivity contribution in [3.8, 4) is 11.3 Å². The third-order valence-electron chi connectivity index (χ3n) is 4.84. The summed E-state index contributed by atoms with van der Waals surface area (Å²) in [6.07, 6.45) is 3.49. The van der Waals surface area contributed by atoms with Crippen molar-refractivity contribution in [2.75, 3.05) is 26.2 Å². The Kier molecular flexibility index (Phi) is 6.00. The second-order valence-electron chi connectivity index (χ2n) is 6.59. The van der Waals surface area contributed by atoms with Crippen LogP contribution in [0.25, 0.3) is 11.3 Å². The van der Waals surface area contributed by atoms with Crippen LogP contribution >= 0.6 is 0 Å². The molecule has 0 aliphatic carbocycles. The highest BCUT2D eigenvalue weighted by Gasteiger charge is 2.25. The Morgan fingerprint density at radius 1 is 1.42 bits per heavy atom. The summed E-state index contributed by atoms with van der Waals surface area (Å²) in [5, 5.41) is 9.01. The van der Waals surface area contributed by atoms with Gasteiger partial charge in [0.15, 0.2) is 5.76 Å². The maximum Gasteiger partial charge on any atom is 0.317 e. The molecular weight excluding hydrogens is 337 g/mol. The van der Waals surface area contributed by atoms with Crippen LogP contribution in [0.1, 0.15) is 25.7 Å². The third-order valence-corrected chi connectivity index (χ3v) is 4.84. The molecule has 0 unspecified atom stereocenters. The molecule has 1 aromatic carbocycles. The van der Waals surface area contributed by atoms with Crippen molar-refractivity contribution in [3.05, 3.63) is 42.2 Å². The van der Waals surface area contributed by atoms with Gasteiger partial charge in [0.05, 0.1) is 19.3 Å². The zero-order chi connectivity index (χ0) is 18.5. The first-order valence-electron chi connectivity index (χ1n) is 8.94. The number of benzene rings is 1. The first kappa shape index (κ1) is 18.5. The van der Waals surface area contributed by atoms with Crippen molar-refractivity contribution < 1.29 is 18.7 Å². The summed E-state index contributed by atoms with van der Waals surface area (Å²) >= 11 is 0. The van der Waals surface area contributed by atoms with E-state index >= 15 is 0 Å². The summed E-state index contributed by atoms with van der Waals surface area (Å²) in [4.78, 5) is 19.5. The highest BCUT2D eigenvalue weighted by Crippen LogP contribution is 2.23. The number of carbonyl (C=O) groups is 1. The van der Waals surface area contributed by atoms with Crippen LogP contribution in [-0.4, -0.2) is 58.1 Å². The van der Waals surface area contributed by atoms with Gasteiger partial charge in [-0.15, -0.1) is 0 Å². The number of piperidine rings is 1. The minimum Gasteiger partial charge on any atom is -0.480 e. The van der Waals surface area contributed by atoms with Gasteiger partial charge < -0.3 is 9.52 Å². The molecule has 1 aliphatic rings. The van der Waals surface area contributed by atoms with Crippen LogP contribution in [0.3, 0.4) is 0 Å². The Balaban J connectivity index is 1.54. The highest BCUT2D eigenvalue weighted by atomic mass is 19.1. The first-order chi connectivity index (χ1) is 12.5. The number of aliphatic carboxylic acids is 1. The van der Waals surface area contributed by atoms with Crippen LogP contribution in [0.15, 0.2) is 34.9 Å². The van der Waals surface area contributed by atoms with E-state index in [4.69, 9.17) is 9.52 Å². The Hall–Kier alpha value is -2.25. The summed E-state index contributed by atoms with van der Waals surface area (Å²) in [5.41, 5.74) is 0.676. The average Bonchev–Trinajstić information content (AvgIpc) is 3.09. The predicted octanol–water partition coefficient (Wildman–Crippen LogP) is 2.85. The fraction of sp³-hybridized carbons (Fsp3) is 0.474. The number of halogens is 1. The fourth-order valence-corrected chi connectivity index (χ4v) is 3.47. The smallest absolute Gasteiger partial charge is 0.317 e. The lowest BCUT2D eigenvalue weighted by Gasteiger charge is -2.36. The summed E-state index contributed by atoms with van der Waals surface area (Å²) in [7, 11) is 0. The Labute approximate surface area is 152 Å². The van der Waals surface area contributed by atoms with Crippen LogP contribution < -0.4 is 0 Å². The molecule has 1 aliphatic heterocycles. The second kappa shape index (κ2) is 8.42. The van der Waals surface area contributed by atoms with Gasteiger partial charge in [0.25, 0.3) is 0 Å². The van der Waals surface area contributed by atoms with E-state index < -0.39 is 5.97 Å². The molecule has 1 fully saturated rings. The number of carboxylic acid groups (broad SMARTS) is 1. The van der Waals surface area contributed by atoms with Crippen LogP contribution in [0.2, 0.25) is 0 Å². The zero-order valence-electron chi connectivity index (χ0n) is 14.9. The molecule has 0 spiro atoms. The average molecular weight is 361 g/mol. The van der Waals surface area contributed by atoms with Crippen LogP contribution in [0.4, 0.5) is 4.39 Å². The summed E-state index contributed by atoms with van der Waals surface area (Å²) in [5.74, 6) is 0.0944. The number of rotatable bonds is 7. The molecule has 0 atom stereocenters. The Morgan fingerprint density at radius 2 is 2.19 bits per heavy atom. The maximum absolute atomic E-state index is 13.3. The molecule has 1 saturated heterocycles. The van der Waals surface area contributed by atoms with Crippen molar-refractivity contribution >= 4 is 5.97 Å². The monoisotopic (exact) mass is 361 g/mol. The molecule has 2 aromatic rings. The van der Waals surface area contributed by atoms with Crippen molar-refractivity contribution in [1.29, 1.82) is 0 Å². The Bertz CT molecular complexity index is 741. The fourth-order valence-electron chi connectivity index (χ4n) is 3.47. The molecule has 0 amide bonds. The molecule has 1 aromatic heterocycles. The van der Waals surface area contributed by atoms with E-state index in [1.807, 2.05) is 11.8 Å². The molecule has 2 heterocycles. The number of hydrogen-bond donors (Lipinski definition) is 1. The van der Waals surface area contributed by atoms with Crippen molar-refractivity contribution in [3.63, 3.8) is 0 Å². The molecular formula is C19H24FN3O3. The second-order valence-corrected chi connectivity index (χ2v) is 6.59. The minimum absolute atomic E-state index is 0.0951. The van der Waals surface area contributed by atoms with E-state index in [-0.39, 0.29) is 12.4 Å². The Morgan fingerprint density at radius 3 is 2.85 bits per heavy atom. The largest absolute Gasteiger partial charge is 0.480 e. The molecule has 0 saturated carbocycles. The molecule has 0 radical (unpaired) electrons. The van der Waals surface area contributed by atoms with Crippen LogP contribution in [-0.2, 0) is 11.3 Å². The van der Waals surface area contributed by atoms with E-state index in [2.05, 4.69) is 9.88 Å². The van der Waals surface area contributed by atoms with Gasteiger partial charge in [0.1, 0.15) is 5.82 Å². The van der Waals surface area contributed by atoms with E-state index in [0.717, 1.165) is 32.5 Å². The molecule has 6 nitrogen and oxygen atoms in total. The van der Waals surface area contributed by atoms with E-state index in [0.29, 0.717) is 29.8 Å². The van der Waals surface area contributed by atoms with Crippen molar-refractivity contribution in [2.24, 2.45) is 0 Å². The maximum atomic E-state index is 13.3. The van der Waals surface area contributed by atoms with Crippen molar-refractivity contribution in [2.45, 2.75) is 32.4 Å². The van der Waals surface area contributed by atoms with Crippen LogP contribution in [0, 0.1) is 5.82 Å². The lowest BCUT2D eigenvalue weighted by atomic mass is 10.0. The molecule has 0 bridgehead atoms. The number of nitrogens with zero attached hydrogens (tertiary/aromatic N) is 3. The minimum atomic E-state index is -0.779. The number of carboxylic acids is 1. The number of oxazole rings is 1. The standard InChI is InChI=1S/C19H24FN3O3/c1-2-23(13-19(24)25)16-6-8-22(9-7-16)12-18-21-11-17(26-18)14-4-3-5-15(20)10-14/h3-5,10-11,16H,2,6-9,12-13H2,1H3,(H,24,25). The first-order valence-corrected chi connectivity index (χ1v) is 8.94. The van der Waals surface area contributed by atoms with Gasteiger partial charge in [-0.25, -0.2) is 9.37 Å². The van der Waals surface area contributed by atoms with E-state index in [1.54, 1.807) is 18.3 Å². The quantitative estimate of drug-likeness (QED) is 0.818. The summed E-state index contributed by atoms with van der Waals surface area (Å²) in [6, 6.07) is 6.57. The van der Waals surface area contributed by atoms with Crippen molar-refractivity contribution in [1.82, 2.24) is 14.8 Å². The highest BCUT2D eigenvalue weighted by molar-refractivity contribution is 5.69. The lowest BCUT2D eigenvalue weighted by Crippen LogP contribution is -2.46. The molecule has 26 heavy (non-hydrogen) atoms. The molecule has 3 rings (SSSR count). The van der Waals surface area contributed by atoms with E-state index in [1.165, 1.54) is 12.1 Å². The van der Waals surface area contributed by atoms with Gasteiger partial charge in [0.2, 0.25) is 5.89 Å². The van der Waals surface area contributed by atoms with Crippen LogP contribution in [0.5, 0.6) is 0 Å². The predicted molar refractivity (Wildman–Crippen MR) is 95.1 cm³/mol. The lowest BCUT2D eigenvalue weighted by molar-refractivity contribution is -0.139. The number of likely N-dealkylation sites (N-methyl/N-ethyl adjacent to an activating group) is 1. The van der Waals surface area contributed by atoms with Gasteiger partial charge in [-0.05, 0) is 31.5 Å². The normalized spacial score (nSPS) is 16.3. The molecule has 7 heteroatoms. The summed E-state index contributed by atoms with van der Waals surface area (Å²) in [6.45, 7) is 5.19. The van der Waals surface area contributed by atoms with Gasteiger partial charge in [-0.3, -0.25) is 14.6 Å². The number of hydrogen-bond acceptors (Lipinski definition) is 5. The SMILES string of the molecule is CCN(CC(=O)O)C1CCN(Cc2ncc(-c3cccc(F)c3)o2)CC1. The van der Waals surface area contributed by atoms with Gasteiger partial charge >= 0.3 is 5.97 Å².